The maximum Gasteiger partial charge on any atom is 0.246 e. The molecule has 0 bridgehead atoms. The number of carbonyl (C=O) groups excluding carboxylic acids is 1. The number of hydrogen-bond donors (Lipinski definition) is 2. The molecule has 5 nitrogen and oxygen atoms in total. The number of aliphatic imine (C=N–C) groups is 2. The molecule has 0 aromatic heterocycles. The molecule has 25 heavy (non-hydrogen) atoms. The molecule has 0 aromatic rings. The molecule has 0 spiro atoms. The van der Waals surface area contributed by atoms with Crippen LogP contribution < -0.4 is 11.1 Å². The maximum atomic E-state index is 12.1. The van der Waals surface area contributed by atoms with Crippen molar-refractivity contribution in [2.24, 2.45) is 15.7 Å². The Morgan fingerprint density at radius 3 is 2.68 bits per heavy atom. The van der Waals surface area contributed by atoms with Crippen molar-refractivity contribution in [2.45, 2.75) is 52.5 Å². The lowest BCUT2D eigenvalue weighted by Gasteiger charge is -2.12. The molecule has 0 aliphatic rings. The van der Waals surface area contributed by atoms with Gasteiger partial charge in [-0.1, -0.05) is 31.7 Å². The lowest BCUT2D eigenvalue weighted by molar-refractivity contribution is -0.117. The van der Waals surface area contributed by atoms with Crippen molar-refractivity contribution in [1.82, 2.24) is 5.32 Å². The van der Waals surface area contributed by atoms with Crippen LogP contribution in [-0.4, -0.2) is 31.0 Å². The molecule has 0 rings (SSSR count). The third-order valence-corrected chi connectivity index (χ3v) is 3.43. The Hall–Kier alpha value is -2.43. The van der Waals surface area contributed by atoms with Crippen molar-refractivity contribution in [3.63, 3.8) is 0 Å². The van der Waals surface area contributed by atoms with Crippen LogP contribution in [0.15, 0.2) is 58.2 Å². The lowest BCUT2D eigenvalue weighted by atomic mass is 10.0. The molecular formula is C20H32N4O. The average Bonchev–Trinajstić information content (AvgIpc) is 2.57. The van der Waals surface area contributed by atoms with Crippen LogP contribution in [0.1, 0.15) is 46.5 Å². The monoisotopic (exact) mass is 344 g/mol. The number of carbonyl (C=O) groups is 1. The highest BCUT2D eigenvalue weighted by molar-refractivity contribution is 5.93. The van der Waals surface area contributed by atoms with E-state index in [0.29, 0.717) is 24.4 Å². The lowest BCUT2D eigenvalue weighted by Crippen LogP contribution is -2.26. The number of hydrogen-bond acceptors (Lipinski definition) is 3. The molecule has 1 atom stereocenters. The fourth-order valence-electron chi connectivity index (χ4n) is 2.08. The normalized spacial score (nSPS) is 14.0. The quantitative estimate of drug-likeness (QED) is 0.245. The van der Waals surface area contributed by atoms with Crippen LogP contribution in [-0.2, 0) is 4.79 Å². The van der Waals surface area contributed by atoms with Crippen LogP contribution in [0.25, 0.3) is 0 Å². The molecular weight excluding hydrogens is 312 g/mol. The summed E-state index contributed by atoms with van der Waals surface area (Å²) in [7, 11) is 0. The zero-order valence-electron chi connectivity index (χ0n) is 15.8. The Bertz CT molecular complexity index is 556. The van der Waals surface area contributed by atoms with E-state index in [0.717, 1.165) is 25.0 Å². The van der Waals surface area contributed by atoms with Gasteiger partial charge in [-0.2, -0.15) is 0 Å². The Labute approximate surface area is 152 Å². The van der Waals surface area contributed by atoms with Crippen LogP contribution in [0.4, 0.5) is 0 Å². The van der Waals surface area contributed by atoms with Gasteiger partial charge in [0.1, 0.15) is 5.84 Å². The Balaban J connectivity index is 4.36. The minimum Gasteiger partial charge on any atom is -0.384 e. The molecule has 0 saturated heterocycles. The van der Waals surface area contributed by atoms with Gasteiger partial charge in [-0.15, -0.1) is 0 Å². The average molecular weight is 345 g/mol. The number of amides is 1. The van der Waals surface area contributed by atoms with E-state index < -0.39 is 0 Å². The zero-order valence-corrected chi connectivity index (χ0v) is 15.8. The molecule has 5 heteroatoms. The predicted octanol–water partition coefficient (Wildman–Crippen LogP) is 3.70. The topological polar surface area (TPSA) is 79.8 Å². The predicted molar refractivity (Wildman–Crippen MR) is 109 cm³/mol. The van der Waals surface area contributed by atoms with Crippen molar-refractivity contribution < 1.29 is 4.79 Å². The van der Waals surface area contributed by atoms with E-state index in [9.17, 15) is 4.79 Å². The second kappa shape index (κ2) is 14.0. The summed E-state index contributed by atoms with van der Waals surface area (Å²) in [5.74, 6) is 0.260. The van der Waals surface area contributed by atoms with Gasteiger partial charge in [0.25, 0.3) is 0 Å². The summed E-state index contributed by atoms with van der Waals surface area (Å²) in [6.45, 7) is 13.7. The van der Waals surface area contributed by atoms with Crippen LogP contribution in [0.2, 0.25) is 0 Å². The van der Waals surface area contributed by atoms with Crippen LogP contribution in [0.3, 0.4) is 0 Å². The van der Waals surface area contributed by atoms with E-state index in [-0.39, 0.29) is 11.9 Å². The number of rotatable bonds is 12. The van der Waals surface area contributed by atoms with Crippen molar-refractivity contribution in [3.05, 3.63) is 48.2 Å². The molecule has 0 heterocycles. The molecule has 1 unspecified atom stereocenters. The highest BCUT2D eigenvalue weighted by atomic mass is 16.1. The van der Waals surface area contributed by atoms with Gasteiger partial charge in [0, 0.05) is 17.8 Å². The molecule has 0 radical (unpaired) electrons. The Kier molecular flexibility index (Phi) is 12.6. The first-order valence-corrected chi connectivity index (χ1v) is 8.64. The number of nitrogens with zero attached hydrogens (tertiary/aromatic N) is 2. The smallest absolute Gasteiger partial charge is 0.246 e. The van der Waals surface area contributed by atoms with E-state index in [1.807, 2.05) is 19.9 Å². The first kappa shape index (κ1) is 22.6. The summed E-state index contributed by atoms with van der Waals surface area (Å²) in [4.78, 5) is 20.4. The highest BCUT2D eigenvalue weighted by Crippen LogP contribution is 2.13. The number of amidine groups is 1. The zero-order chi connectivity index (χ0) is 19.1. The summed E-state index contributed by atoms with van der Waals surface area (Å²) in [5, 5.41) is 2.81. The van der Waals surface area contributed by atoms with Crippen molar-refractivity contribution in [2.75, 3.05) is 6.54 Å². The fourth-order valence-corrected chi connectivity index (χ4v) is 2.08. The van der Waals surface area contributed by atoms with Gasteiger partial charge >= 0.3 is 0 Å². The van der Waals surface area contributed by atoms with Gasteiger partial charge in [-0.3, -0.25) is 9.79 Å². The molecule has 0 aromatic carbocycles. The van der Waals surface area contributed by atoms with Crippen molar-refractivity contribution in [3.8, 4) is 0 Å². The standard InChI is InChI=1S/C20H32N4O/c1-6-8-9-10-12-18(22-5)15-16(3)20(25)23-14-13-17(4)24-19(21)11-7-2/h7-9,11,13,18H,3,5-6,10,12,14-15H2,1-2,4H3,(H2,21,24)(H,23,25)/b9-8+,11-7+,17-13+. The van der Waals surface area contributed by atoms with Crippen molar-refractivity contribution >= 4 is 18.5 Å². The molecule has 3 N–H and O–H groups in total. The van der Waals surface area contributed by atoms with E-state index >= 15 is 0 Å². The van der Waals surface area contributed by atoms with E-state index in [1.54, 1.807) is 12.2 Å². The van der Waals surface area contributed by atoms with E-state index in [4.69, 9.17) is 5.73 Å². The Morgan fingerprint density at radius 1 is 1.36 bits per heavy atom. The molecule has 1 amide bonds. The SMILES string of the molecule is C=NC(CC/C=C/CC)CC(=C)C(=O)NC/C=C(C)/N=C(N)\C=C\C. The second-order valence-electron chi connectivity index (χ2n) is 5.69. The number of nitrogens with one attached hydrogen (secondary N) is 1. The number of nitrogens with two attached hydrogens (primary N) is 1. The fraction of sp³-hybridized carbons (Fsp3) is 0.450. The molecule has 0 aliphatic heterocycles. The minimum atomic E-state index is -0.174. The van der Waals surface area contributed by atoms with Gasteiger partial charge in [0.05, 0.1) is 6.04 Å². The third-order valence-electron chi connectivity index (χ3n) is 3.43. The summed E-state index contributed by atoms with van der Waals surface area (Å²) in [6.07, 6.45) is 12.9. The third kappa shape index (κ3) is 11.7. The largest absolute Gasteiger partial charge is 0.384 e. The van der Waals surface area contributed by atoms with E-state index in [1.165, 1.54) is 0 Å². The molecule has 0 saturated carbocycles. The maximum absolute atomic E-state index is 12.1. The van der Waals surface area contributed by atoms with E-state index in [2.05, 4.69) is 47.7 Å². The van der Waals surface area contributed by atoms with Crippen LogP contribution in [0, 0.1) is 0 Å². The highest BCUT2D eigenvalue weighted by Gasteiger charge is 2.12. The molecule has 138 valence electrons. The summed E-state index contributed by atoms with van der Waals surface area (Å²) < 4.78 is 0. The van der Waals surface area contributed by atoms with Gasteiger partial charge < -0.3 is 11.1 Å². The summed E-state index contributed by atoms with van der Waals surface area (Å²) in [6, 6.07) is 0.0160. The van der Waals surface area contributed by atoms with Gasteiger partial charge in [0.15, 0.2) is 0 Å². The molecule has 0 aliphatic carbocycles. The van der Waals surface area contributed by atoms with Gasteiger partial charge in [-0.05, 0) is 58.4 Å². The van der Waals surface area contributed by atoms with Crippen LogP contribution >= 0.6 is 0 Å². The Morgan fingerprint density at radius 2 is 2.08 bits per heavy atom. The van der Waals surface area contributed by atoms with Crippen LogP contribution in [0.5, 0.6) is 0 Å². The first-order chi connectivity index (χ1) is 11.9. The minimum absolute atomic E-state index is 0.0160. The second-order valence-corrected chi connectivity index (χ2v) is 5.69. The van der Waals surface area contributed by atoms with Gasteiger partial charge in [-0.25, -0.2) is 4.99 Å². The van der Waals surface area contributed by atoms with Crippen molar-refractivity contribution in [1.29, 1.82) is 0 Å². The molecule has 0 fully saturated rings. The summed E-state index contributed by atoms with van der Waals surface area (Å²) >= 11 is 0. The van der Waals surface area contributed by atoms with Gasteiger partial charge in [0.2, 0.25) is 5.91 Å². The first-order valence-electron chi connectivity index (χ1n) is 8.64. The summed E-state index contributed by atoms with van der Waals surface area (Å²) in [5.41, 5.74) is 6.95. The number of allylic oxidation sites excluding steroid dienone is 4.